The minimum absolute atomic E-state index is 0.112. The Morgan fingerprint density at radius 3 is 2.47 bits per heavy atom. The zero-order valence-electron chi connectivity index (χ0n) is 11.3. The van der Waals surface area contributed by atoms with Crippen LogP contribution in [0.4, 0.5) is 0 Å². The maximum Gasteiger partial charge on any atom is 0.251 e. The summed E-state index contributed by atoms with van der Waals surface area (Å²) in [5.74, 6) is 1.11. The molecule has 1 aliphatic rings. The highest BCUT2D eigenvalue weighted by atomic mass is 16.5. The Morgan fingerprint density at radius 2 is 1.95 bits per heavy atom. The maximum absolute atomic E-state index is 12.2. The van der Waals surface area contributed by atoms with Gasteiger partial charge < -0.3 is 14.8 Å². The molecule has 1 atom stereocenters. The smallest absolute Gasteiger partial charge is 0.251 e. The molecule has 103 valence electrons. The van der Waals surface area contributed by atoms with E-state index in [-0.39, 0.29) is 11.9 Å². The minimum Gasteiger partial charge on any atom is -0.497 e. The second kappa shape index (κ2) is 6.43. The van der Waals surface area contributed by atoms with Crippen LogP contribution in [0.1, 0.15) is 23.2 Å². The molecule has 1 aliphatic heterocycles. The lowest BCUT2D eigenvalue weighted by molar-refractivity contribution is 0.0929. The number of hydrogen-bond donors (Lipinski definition) is 1. The molecule has 5 nitrogen and oxygen atoms in total. The Labute approximate surface area is 113 Å². The summed E-state index contributed by atoms with van der Waals surface area (Å²) in [6, 6.07) is 5.29. The average Bonchev–Trinajstić information content (AvgIpc) is 2.47. The average molecular weight is 263 g/mol. The maximum atomic E-state index is 12.2. The van der Waals surface area contributed by atoms with E-state index in [1.165, 1.54) is 0 Å². The Balaban J connectivity index is 2.08. The largest absolute Gasteiger partial charge is 0.497 e. The van der Waals surface area contributed by atoms with Crippen molar-refractivity contribution in [2.45, 2.75) is 18.9 Å². The lowest BCUT2D eigenvalue weighted by Crippen LogP contribution is -2.43. The minimum atomic E-state index is -0.112. The van der Waals surface area contributed by atoms with Gasteiger partial charge in [0.05, 0.1) is 14.2 Å². The Kier molecular flexibility index (Phi) is 4.63. The van der Waals surface area contributed by atoms with Crippen LogP contribution in [-0.2, 0) is 0 Å². The zero-order chi connectivity index (χ0) is 13.7. The lowest BCUT2D eigenvalue weighted by atomic mass is 10.1. The van der Waals surface area contributed by atoms with Gasteiger partial charge in [0.2, 0.25) is 0 Å². The molecule has 0 spiro atoms. The van der Waals surface area contributed by atoms with Crippen LogP contribution in [0.3, 0.4) is 0 Å². The summed E-state index contributed by atoms with van der Waals surface area (Å²) < 4.78 is 10.3. The first-order chi connectivity index (χ1) is 9.22. The van der Waals surface area contributed by atoms with Gasteiger partial charge in [0.25, 0.3) is 5.91 Å². The normalized spacial score (nSPS) is 18.7. The number of piperidine rings is 1. The van der Waals surface area contributed by atoms with Crippen LogP contribution >= 0.6 is 0 Å². The van der Waals surface area contributed by atoms with Gasteiger partial charge in [0, 0.05) is 30.8 Å². The van der Waals surface area contributed by atoms with Crippen molar-refractivity contribution in [3.63, 3.8) is 0 Å². The number of methoxy groups -OCH3 is 2. The zero-order valence-corrected chi connectivity index (χ0v) is 11.3. The second-order valence-corrected chi connectivity index (χ2v) is 4.54. The van der Waals surface area contributed by atoms with Crippen molar-refractivity contribution < 1.29 is 14.3 Å². The molecule has 0 unspecified atom stereocenters. The molecule has 19 heavy (non-hydrogen) atoms. The van der Waals surface area contributed by atoms with Gasteiger partial charge in [0.15, 0.2) is 0 Å². The Bertz CT molecular complexity index is 420. The summed E-state index contributed by atoms with van der Waals surface area (Å²) in [4.78, 5) is 12.2. The number of amides is 1. The van der Waals surface area contributed by atoms with Crippen LogP contribution in [0, 0.1) is 0 Å². The van der Waals surface area contributed by atoms with E-state index in [1.807, 2.05) is 0 Å². The van der Waals surface area contributed by atoms with E-state index in [9.17, 15) is 4.79 Å². The van der Waals surface area contributed by atoms with Crippen molar-refractivity contribution in [2.24, 2.45) is 0 Å². The van der Waals surface area contributed by atoms with Crippen LogP contribution in [0.25, 0.3) is 0 Å². The number of carbonyl (C=O) groups is 1. The summed E-state index contributed by atoms with van der Waals surface area (Å²) in [6.07, 6.45) is 2.02. The molecule has 1 radical (unpaired) electrons. The van der Waals surface area contributed by atoms with Crippen molar-refractivity contribution >= 4 is 5.91 Å². The predicted molar refractivity (Wildman–Crippen MR) is 71.9 cm³/mol. The number of rotatable bonds is 4. The van der Waals surface area contributed by atoms with Gasteiger partial charge in [-0.1, -0.05) is 0 Å². The number of benzene rings is 1. The molecule has 1 fully saturated rings. The molecule has 1 amide bonds. The van der Waals surface area contributed by atoms with Crippen LogP contribution in [0.2, 0.25) is 0 Å². The van der Waals surface area contributed by atoms with Gasteiger partial charge in [-0.2, -0.15) is 0 Å². The fourth-order valence-electron chi connectivity index (χ4n) is 2.11. The molecule has 1 aromatic rings. The summed E-state index contributed by atoms with van der Waals surface area (Å²) in [5, 5.41) is 7.30. The molecule has 1 aromatic carbocycles. The topological polar surface area (TPSA) is 61.7 Å². The van der Waals surface area contributed by atoms with Crippen molar-refractivity contribution in [3.8, 4) is 11.5 Å². The van der Waals surface area contributed by atoms with Gasteiger partial charge in [-0.05, 0) is 25.0 Å². The van der Waals surface area contributed by atoms with Gasteiger partial charge in [-0.3, -0.25) is 4.79 Å². The summed E-state index contributed by atoms with van der Waals surface area (Å²) >= 11 is 0. The fourth-order valence-corrected chi connectivity index (χ4v) is 2.11. The molecular weight excluding hydrogens is 244 g/mol. The number of nitrogens with one attached hydrogen (secondary N) is 1. The monoisotopic (exact) mass is 263 g/mol. The molecule has 5 heteroatoms. The molecule has 1 saturated heterocycles. The molecule has 2 rings (SSSR count). The van der Waals surface area contributed by atoms with E-state index in [0.29, 0.717) is 23.6 Å². The van der Waals surface area contributed by atoms with Gasteiger partial charge >= 0.3 is 0 Å². The molecule has 0 aromatic heterocycles. The van der Waals surface area contributed by atoms with Crippen LogP contribution in [0.5, 0.6) is 11.5 Å². The lowest BCUT2D eigenvalue weighted by Gasteiger charge is -2.22. The summed E-state index contributed by atoms with van der Waals surface area (Å²) in [5.41, 5.74) is 0.543. The third-order valence-corrected chi connectivity index (χ3v) is 3.17. The highest BCUT2D eigenvalue weighted by molar-refractivity contribution is 5.95. The van der Waals surface area contributed by atoms with Crippen LogP contribution < -0.4 is 20.1 Å². The first-order valence-corrected chi connectivity index (χ1v) is 6.40. The quantitative estimate of drug-likeness (QED) is 0.888. The first-order valence-electron chi connectivity index (χ1n) is 6.40. The van der Waals surface area contributed by atoms with E-state index in [2.05, 4.69) is 10.6 Å². The SMILES string of the molecule is COc1cc(OC)cc(C(=O)N[C@H]2CCC[N]C2)c1. The predicted octanol–water partition coefficient (Wildman–Crippen LogP) is 1.20. The Hall–Kier alpha value is -1.75. The third kappa shape index (κ3) is 3.61. The Morgan fingerprint density at radius 1 is 1.26 bits per heavy atom. The van der Waals surface area contributed by atoms with Crippen molar-refractivity contribution in [1.29, 1.82) is 0 Å². The van der Waals surface area contributed by atoms with Crippen molar-refractivity contribution in [3.05, 3.63) is 23.8 Å². The molecule has 0 aliphatic carbocycles. The van der Waals surface area contributed by atoms with E-state index in [1.54, 1.807) is 32.4 Å². The van der Waals surface area contributed by atoms with Crippen molar-refractivity contribution in [1.82, 2.24) is 10.6 Å². The summed E-state index contributed by atoms with van der Waals surface area (Å²) in [7, 11) is 3.13. The van der Waals surface area contributed by atoms with Gasteiger partial charge in [0.1, 0.15) is 11.5 Å². The number of hydrogen-bond acceptors (Lipinski definition) is 3. The van der Waals surface area contributed by atoms with E-state index >= 15 is 0 Å². The highest BCUT2D eigenvalue weighted by Gasteiger charge is 2.18. The van der Waals surface area contributed by atoms with E-state index in [0.717, 1.165) is 19.4 Å². The van der Waals surface area contributed by atoms with Crippen LogP contribution in [-0.4, -0.2) is 39.3 Å². The third-order valence-electron chi connectivity index (χ3n) is 3.17. The molecule has 0 saturated carbocycles. The van der Waals surface area contributed by atoms with Gasteiger partial charge in [-0.25, -0.2) is 5.32 Å². The van der Waals surface area contributed by atoms with Crippen LogP contribution in [0.15, 0.2) is 18.2 Å². The molecule has 0 bridgehead atoms. The molecule has 1 heterocycles. The summed E-state index contributed by atoms with van der Waals surface area (Å²) in [6.45, 7) is 1.60. The number of carbonyl (C=O) groups excluding carboxylic acids is 1. The van der Waals surface area contributed by atoms with Crippen molar-refractivity contribution in [2.75, 3.05) is 27.3 Å². The van der Waals surface area contributed by atoms with E-state index < -0.39 is 0 Å². The molecule has 1 N–H and O–H groups in total. The van der Waals surface area contributed by atoms with Gasteiger partial charge in [-0.15, -0.1) is 0 Å². The number of ether oxygens (including phenoxy) is 2. The van der Waals surface area contributed by atoms with E-state index in [4.69, 9.17) is 9.47 Å². The molecular formula is C14H19N2O3. The fraction of sp³-hybridized carbons (Fsp3) is 0.500. The highest BCUT2D eigenvalue weighted by Crippen LogP contribution is 2.22. The first kappa shape index (κ1) is 13.7. The second-order valence-electron chi connectivity index (χ2n) is 4.54. The number of nitrogens with zero attached hydrogens (tertiary/aromatic N) is 1. The standard InChI is InChI=1S/C14H19N2O3/c1-18-12-6-10(7-13(8-12)19-2)14(17)16-11-4-3-5-15-9-11/h6-8,11H,3-5,9H2,1-2H3,(H,16,17)/t11-/m0/s1.